The lowest BCUT2D eigenvalue weighted by atomic mass is 9.86. The number of hydrogen-bond acceptors (Lipinski definition) is 5. The van der Waals surface area contributed by atoms with Crippen LogP contribution in [0.3, 0.4) is 0 Å². The number of nitrogens with zero attached hydrogens (tertiary/aromatic N) is 3. The molecular formula is C21H32N4O2S2. The van der Waals surface area contributed by atoms with Gasteiger partial charge in [0.1, 0.15) is 0 Å². The minimum atomic E-state index is -3.42. The van der Waals surface area contributed by atoms with Gasteiger partial charge in [0.05, 0.1) is 5.75 Å². The lowest BCUT2D eigenvalue weighted by Crippen LogP contribution is -2.17. The van der Waals surface area contributed by atoms with Crippen LogP contribution < -0.4 is 5.14 Å². The fourth-order valence-corrected chi connectivity index (χ4v) is 5.46. The number of benzene rings is 1. The molecule has 6 nitrogen and oxygen atoms in total. The van der Waals surface area contributed by atoms with Gasteiger partial charge in [-0.3, -0.25) is 4.57 Å². The number of thioether (sulfide) groups is 1. The van der Waals surface area contributed by atoms with Crippen molar-refractivity contribution >= 4 is 21.8 Å². The molecule has 0 atom stereocenters. The first-order chi connectivity index (χ1) is 13.6. The van der Waals surface area contributed by atoms with E-state index in [1.54, 1.807) is 11.8 Å². The SMILES string of the molecule is CC(C)(C)c1ccc(-c2nnc(SCCCS(N)(=O)=O)n2C2CCCCC2)cc1. The maximum atomic E-state index is 11.2. The fraction of sp³-hybridized carbons (Fsp3) is 0.619. The van der Waals surface area contributed by atoms with Crippen molar-refractivity contribution < 1.29 is 8.42 Å². The van der Waals surface area contributed by atoms with Crippen molar-refractivity contribution in [3.8, 4) is 11.4 Å². The van der Waals surface area contributed by atoms with Crippen LogP contribution >= 0.6 is 11.8 Å². The molecule has 160 valence electrons. The van der Waals surface area contributed by atoms with Crippen LogP contribution in [0, 0.1) is 0 Å². The molecule has 3 rings (SSSR count). The van der Waals surface area contributed by atoms with Crippen molar-refractivity contribution in [3.63, 3.8) is 0 Å². The summed E-state index contributed by atoms with van der Waals surface area (Å²) in [5.41, 5.74) is 2.48. The van der Waals surface area contributed by atoms with Crippen LogP contribution in [0.1, 0.15) is 70.9 Å². The van der Waals surface area contributed by atoms with E-state index in [4.69, 9.17) is 5.14 Å². The van der Waals surface area contributed by atoms with Gasteiger partial charge in [-0.1, -0.05) is 76.1 Å². The van der Waals surface area contributed by atoms with E-state index in [9.17, 15) is 8.42 Å². The largest absolute Gasteiger partial charge is 0.299 e. The van der Waals surface area contributed by atoms with Gasteiger partial charge in [-0.25, -0.2) is 13.6 Å². The van der Waals surface area contributed by atoms with E-state index in [-0.39, 0.29) is 11.2 Å². The van der Waals surface area contributed by atoms with Gasteiger partial charge >= 0.3 is 0 Å². The predicted molar refractivity (Wildman–Crippen MR) is 120 cm³/mol. The molecule has 29 heavy (non-hydrogen) atoms. The Labute approximate surface area is 178 Å². The molecule has 0 amide bonds. The third-order valence-corrected chi connectivity index (χ3v) is 7.30. The molecule has 2 aromatic rings. The molecule has 1 aliphatic rings. The van der Waals surface area contributed by atoms with Crippen LogP contribution in [0.25, 0.3) is 11.4 Å². The Balaban J connectivity index is 1.85. The zero-order chi connectivity index (χ0) is 21.1. The first-order valence-corrected chi connectivity index (χ1v) is 13.0. The summed E-state index contributed by atoms with van der Waals surface area (Å²) < 4.78 is 24.6. The average molecular weight is 437 g/mol. The molecule has 8 heteroatoms. The molecule has 0 aliphatic heterocycles. The summed E-state index contributed by atoms with van der Waals surface area (Å²) in [6.07, 6.45) is 6.51. The van der Waals surface area contributed by atoms with Gasteiger partial charge in [0.15, 0.2) is 11.0 Å². The number of hydrogen-bond donors (Lipinski definition) is 1. The average Bonchev–Trinajstić information content (AvgIpc) is 3.08. The molecular weight excluding hydrogens is 404 g/mol. The molecule has 0 saturated heterocycles. The number of primary sulfonamides is 1. The van der Waals surface area contributed by atoms with Crippen LogP contribution in [0.15, 0.2) is 29.4 Å². The van der Waals surface area contributed by atoms with E-state index in [0.717, 1.165) is 29.4 Å². The van der Waals surface area contributed by atoms with E-state index < -0.39 is 10.0 Å². The predicted octanol–water partition coefficient (Wildman–Crippen LogP) is 4.52. The first kappa shape index (κ1) is 22.3. The molecule has 1 saturated carbocycles. The normalized spacial score (nSPS) is 16.3. The Bertz CT molecular complexity index is 909. The van der Waals surface area contributed by atoms with Crippen LogP contribution in [-0.2, 0) is 15.4 Å². The molecule has 1 aliphatic carbocycles. The second kappa shape index (κ2) is 9.18. The van der Waals surface area contributed by atoms with E-state index in [2.05, 4.69) is 59.8 Å². The number of sulfonamides is 1. The summed E-state index contributed by atoms with van der Waals surface area (Å²) in [6.45, 7) is 6.63. The van der Waals surface area contributed by atoms with Crippen molar-refractivity contribution in [2.75, 3.05) is 11.5 Å². The summed E-state index contributed by atoms with van der Waals surface area (Å²) in [4.78, 5) is 0. The Morgan fingerprint density at radius 3 is 2.34 bits per heavy atom. The van der Waals surface area contributed by atoms with Gasteiger partial charge < -0.3 is 0 Å². The van der Waals surface area contributed by atoms with Gasteiger partial charge in [-0.05, 0) is 30.2 Å². The second-order valence-corrected chi connectivity index (χ2v) is 11.7. The van der Waals surface area contributed by atoms with Crippen molar-refractivity contribution in [2.45, 2.75) is 75.9 Å². The minimum Gasteiger partial charge on any atom is -0.299 e. The summed E-state index contributed by atoms with van der Waals surface area (Å²) in [5, 5.41) is 15.0. The Morgan fingerprint density at radius 2 is 1.76 bits per heavy atom. The lowest BCUT2D eigenvalue weighted by molar-refractivity contribution is 0.339. The van der Waals surface area contributed by atoms with Gasteiger partial charge in [0.2, 0.25) is 10.0 Å². The van der Waals surface area contributed by atoms with Crippen LogP contribution in [0.5, 0.6) is 0 Å². The standard InChI is InChI=1S/C21H32N4O2S2/c1-21(2,3)17-12-10-16(11-13-17)19-23-24-20(28-14-7-15-29(22,26)27)25(19)18-8-5-4-6-9-18/h10-13,18H,4-9,14-15H2,1-3H3,(H2,22,26,27). The van der Waals surface area contributed by atoms with Crippen LogP contribution in [-0.4, -0.2) is 34.7 Å². The second-order valence-electron chi connectivity index (χ2n) is 8.86. The zero-order valence-electron chi connectivity index (χ0n) is 17.6. The van der Waals surface area contributed by atoms with Crippen LogP contribution in [0.2, 0.25) is 0 Å². The van der Waals surface area contributed by atoms with E-state index in [1.165, 1.54) is 24.8 Å². The topological polar surface area (TPSA) is 90.9 Å². The summed E-state index contributed by atoms with van der Waals surface area (Å²) in [7, 11) is -3.42. The highest BCUT2D eigenvalue weighted by molar-refractivity contribution is 7.99. The first-order valence-electron chi connectivity index (χ1n) is 10.3. The van der Waals surface area contributed by atoms with Crippen molar-refractivity contribution in [1.29, 1.82) is 0 Å². The van der Waals surface area contributed by atoms with E-state index in [0.29, 0.717) is 18.2 Å². The van der Waals surface area contributed by atoms with Crippen LogP contribution in [0.4, 0.5) is 0 Å². The summed E-state index contributed by atoms with van der Waals surface area (Å²) >= 11 is 1.57. The highest BCUT2D eigenvalue weighted by Gasteiger charge is 2.24. The molecule has 1 fully saturated rings. The molecule has 0 unspecified atom stereocenters. The van der Waals surface area contributed by atoms with Gasteiger partial charge in [0, 0.05) is 17.4 Å². The van der Waals surface area contributed by atoms with Crippen molar-refractivity contribution in [3.05, 3.63) is 29.8 Å². The maximum absolute atomic E-state index is 11.2. The highest BCUT2D eigenvalue weighted by atomic mass is 32.2. The van der Waals surface area contributed by atoms with Crippen molar-refractivity contribution in [1.82, 2.24) is 14.8 Å². The third kappa shape index (κ3) is 6.06. The molecule has 1 aromatic carbocycles. The quantitative estimate of drug-likeness (QED) is 0.509. The molecule has 1 aromatic heterocycles. The number of rotatable bonds is 7. The van der Waals surface area contributed by atoms with Gasteiger partial charge in [-0.2, -0.15) is 0 Å². The van der Waals surface area contributed by atoms with E-state index >= 15 is 0 Å². The number of nitrogens with two attached hydrogens (primary N) is 1. The Morgan fingerprint density at radius 1 is 1.10 bits per heavy atom. The monoisotopic (exact) mass is 436 g/mol. The Hall–Kier alpha value is -1.38. The van der Waals surface area contributed by atoms with Crippen molar-refractivity contribution in [2.24, 2.45) is 5.14 Å². The minimum absolute atomic E-state index is 0.00130. The summed E-state index contributed by atoms with van der Waals surface area (Å²) in [5.74, 6) is 1.56. The lowest BCUT2D eigenvalue weighted by Gasteiger charge is -2.26. The molecule has 2 N–H and O–H groups in total. The smallest absolute Gasteiger partial charge is 0.209 e. The third-order valence-electron chi connectivity index (χ3n) is 5.42. The highest BCUT2D eigenvalue weighted by Crippen LogP contribution is 2.36. The molecule has 1 heterocycles. The van der Waals surface area contributed by atoms with Gasteiger partial charge in [-0.15, -0.1) is 10.2 Å². The molecule has 0 radical (unpaired) electrons. The van der Waals surface area contributed by atoms with E-state index in [1.807, 2.05) is 0 Å². The fourth-order valence-electron chi connectivity index (χ4n) is 3.78. The number of aromatic nitrogens is 3. The molecule has 0 spiro atoms. The Kier molecular flexibility index (Phi) is 7.06. The van der Waals surface area contributed by atoms with Gasteiger partial charge in [0.25, 0.3) is 0 Å². The molecule has 0 bridgehead atoms. The maximum Gasteiger partial charge on any atom is 0.209 e. The zero-order valence-corrected chi connectivity index (χ0v) is 19.2. The summed E-state index contributed by atoms with van der Waals surface area (Å²) in [6, 6.07) is 9.03.